The van der Waals surface area contributed by atoms with Crippen LogP contribution < -0.4 is 10.6 Å². The van der Waals surface area contributed by atoms with Crippen LogP contribution in [0, 0.1) is 17.0 Å². The standard InChI is InChI=1S/C19H23ClN4O5S/c1-4-23(5-2)30(28,29)18-11-14(8-9-16(18)20)21-12-19(25)22-15-7-6-13(3)17(10-15)24(26)27/h6-11,21H,4-5,12H2,1-3H3,(H,22,25). The molecule has 0 aliphatic heterocycles. The first-order valence-corrected chi connectivity index (χ1v) is 11.0. The Morgan fingerprint density at radius 1 is 1.13 bits per heavy atom. The van der Waals surface area contributed by atoms with Crippen molar-refractivity contribution in [2.24, 2.45) is 0 Å². The zero-order valence-electron chi connectivity index (χ0n) is 16.8. The Labute approximate surface area is 180 Å². The minimum atomic E-state index is -3.76. The number of amides is 1. The van der Waals surface area contributed by atoms with Crippen molar-refractivity contribution in [2.75, 3.05) is 30.3 Å². The monoisotopic (exact) mass is 454 g/mol. The van der Waals surface area contributed by atoms with E-state index < -0.39 is 20.9 Å². The van der Waals surface area contributed by atoms with Gasteiger partial charge in [0.15, 0.2) is 0 Å². The van der Waals surface area contributed by atoms with Crippen LogP contribution in [0.1, 0.15) is 19.4 Å². The SMILES string of the molecule is CCN(CC)S(=O)(=O)c1cc(NCC(=O)Nc2ccc(C)c([N+](=O)[O-])c2)ccc1Cl. The summed E-state index contributed by atoms with van der Waals surface area (Å²) in [5.41, 5.74) is 1.08. The van der Waals surface area contributed by atoms with Gasteiger partial charge in [-0.05, 0) is 31.2 Å². The van der Waals surface area contributed by atoms with E-state index in [1.54, 1.807) is 39.0 Å². The van der Waals surface area contributed by atoms with Gasteiger partial charge in [-0.3, -0.25) is 14.9 Å². The predicted molar refractivity (Wildman–Crippen MR) is 117 cm³/mol. The van der Waals surface area contributed by atoms with Crippen molar-refractivity contribution in [2.45, 2.75) is 25.7 Å². The zero-order chi connectivity index (χ0) is 22.5. The number of anilines is 2. The number of sulfonamides is 1. The molecule has 30 heavy (non-hydrogen) atoms. The molecule has 0 fully saturated rings. The number of carbonyl (C=O) groups excluding carboxylic acids is 1. The fraction of sp³-hybridized carbons (Fsp3) is 0.316. The summed E-state index contributed by atoms with van der Waals surface area (Å²) < 4.78 is 26.8. The largest absolute Gasteiger partial charge is 0.376 e. The first-order chi connectivity index (χ1) is 14.1. The van der Waals surface area contributed by atoms with E-state index in [1.165, 1.54) is 22.5 Å². The van der Waals surface area contributed by atoms with Crippen molar-refractivity contribution in [3.63, 3.8) is 0 Å². The van der Waals surface area contributed by atoms with Gasteiger partial charge in [0.2, 0.25) is 15.9 Å². The van der Waals surface area contributed by atoms with Crippen molar-refractivity contribution < 1.29 is 18.1 Å². The third-order valence-corrected chi connectivity index (χ3v) is 6.93. The minimum Gasteiger partial charge on any atom is -0.376 e. The Balaban J connectivity index is 2.12. The average molecular weight is 455 g/mol. The molecule has 0 aliphatic carbocycles. The van der Waals surface area contributed by atoms with Gasteiger partial charge in [0.05, 0.1) is 16.5 Å². The van der Waals surface area contributed by atoms with E-state index in [2.05, 4.69) is 10.6 Å². The van der Waals surface area contributed by atoms with Gasteiger partial charge >= 0.3 is 0 Å². The van der Waals surface area contributed by atoms with Gasteiger partial charge in [-0.2, -0.15) is 4.31 Å². The number of rotatable bonds is 9. The summed E-state index contributed by atoms with van der Waals surface area (Å²) in [6.07, 6.45) is 0. The molecular weight excluding hydrogens is 432 g/mol. The summed E-state index contributed by atoms with van der Waals surface area (Å²) in [5, 5.41) is 16.5. The third-order valence-electron chi connectivity index (χ3n) is 4.40. The second-order valence-electron chi connectivity index (χ2n) is 6.39. The smallest absolute Gasteiger partial charge is 0.274 e. The molecule has 2 rings (SSSR count). The number of nitro benzene ring substituents is 1. The zero-order valence-corrected chi connectivity index (χ0v) is 18.4. The fourth-order valence-corrected chi connectivity index (χ4v) is 4.74. The van der Waals surface area contributed by atoms with Crippen LogP contribution >= 0.6 is 11.6 Å². The third kappa shape index (κ3) is 5.47. The molecule has 2 aromatic rings. The lowest BCUT2D eigenvalue weighted by Crippen LogP contribution is -2.31. The molecule has 0 saturated carbocycles. The van der Waals surface area contributed by atoms with Gasteiger partial charge < -0.3 is 10.6 Å². The Bertz CT molecular complexity index is 1050. The molecule has 0 bridgehead atoms. The summed E-state index contributed by atoms with van der Waals surface area (Å²) in [5.74, 6) is -0.448. The topological polar surface area (TPSA) is 122 Å². The van der Waals surface area contributed by atoms with Crippen molar-refractivity contribution in [3.05, 3.63) is 57.1 Å². The Morgan fingerprint density at radius 3 is 2.37 bits per heavy atom. The lowest BCUT2D eigenvalue weighted by Gasteiger charge is -2.20. The Morgan fingerprint density at radius 2 is 1.77 bits per heavy atom. The number of hydrogen-bond donors (Lipinski definition) is 2. The molecule has 0 radical (unpaired) electrons. The molecule has 0 atom stereocenters. The van der Waals surface area contributed by atoms with E-state index in [-0.39, 0.29) is 22.2 Å². The van der Waals surface area contributed by atoms with Crippen LogP contribution in [-0.4, -0.2) is 43.2 Å². The summed E-state index contributed by atoms with van der Waals surface area (Å²) in [6.45, 7) is 5.51. The molecule has 0 aromatic heterocycles. The summed E-state index contributed by atoms with van der Waals surface area (Å²) in [4.78, 5) is 22.7. The molecular formula is C19H23ClN4O5S. The van der Waals surface area contributed by atoms with Crippen LogP contribution in [0.25, 0.3) is 0 Å². The molecule has 0 unspecified atom stereocenters. The second kappa shape index (κ2) is 9.88. The number of benzene rings is 2. The summed E-state index contributed by atoms with van der Waals surface area (Å²) in [7, 11) is -3.76. The highest BCUT2D eigenvalue weighted by molar-refractivity contribution is 7.89. The number of nitro groups is 1. The highest BCUT2D eigenvalue weighted by Gasteiger charge is 2.24. The highest BCUT2D eigenvalue weighted by Crippen LogP contribution is 2.28. The summed E-state index contributed by atoms with van der Waals surface area (Å²) >= 11 is 6.09. The van der Waals surface area contributed by atoms with Gasteiger partial charge in [0, 0.05) is 36.1 Å². The molecule has 9 nitrogen and oxygen atoms in total. The first-order valence-electron chi connectivity index (χ1n) is 9.18. The molecule has 0 heterocycles. The maximum atomic E-state index is 12.7. The van der Waals surface area contributed by atoms with E-state index >= 15 is 0 Å². The molecule has 0 saturated heterocycles. The van der Waals surface area contributed by atoms with Crippen LogP contribution in [0.3, 0.4) is 0 Å². The molecule has 1 amide bonds. The molecule has 2 N–H and O–H groups in total. The van der Waals surface area contributed by atoms with E-state index in [9.17, 15) is 23.3 Å². The maximum Gasteiger partial charge on any atom is 0.274 e. The number of hydrogen-bond acceptors (Lipinski definition) is 6. The molecule has 162 valence electrons. The van der Waals surface area contributed by atoms with Crippen molar-refractivity contribution >= 4 is 44.6 Å². The van der Waals surface area contributed by atoms with Crippen LogP contribution in [-0.2, 0) is 14.8 Å². The van der Waals surface area contributed by atoms with Gasteiger partial charge in [-0.1, -0.05) is 31.5 Å². The van der Waals surface area contributed by atoms with Gasteiger partial charge in [0.1, 0.15) is 4.90 Å². The average Bonchev–Trinajstić information content (AvgIpc) is 2.69. The summed E-state index contributed by atoms with van der Waals surface area (Å²) in [6, 6.07) is 8.78. The number of nitrogens with one attached hydrogen (secondary N) is 2. The van der Waals surface area contributed by atoms with Crippen LogP contribution in [0.2, 0.25) is 5.02 Å². The quantitative estimate of drug-likeness (QED) is 0.440. The van der Waals surface area contributed by atoms with Gasteiger partial charge in [-0.25, -0.2) is 8.42 Å². The molecule has 0 spiro atoms. The van der Waals surface area contributed by atoms with E-state index in [0.717, 1.165) is 0 Å². The van der Waals surface area contributed by atoms with Gasteiger partial charge in [-0.15, -0.1) is 0 Å². The first kappa shape index (κ1) is 23.6. The van der Waals surface area contributed by atoms with Crippen LogP contribution in [0.15, 0.2) is 41.3 Å². The van der Waals surface area contributed by atoms with Gasteiger partial charge in [0.25, 0.3) is 5.69 Å². The number of nitrogens with zero attached hydrogens (tertiary/aromatic N) is 2. The van der Waals surface area contributed by atoms with Crippen LogP contribution in [0.4, 0.5) is 17.1 Å². The Kier molecular flexibility index (Phi) is 7.77. The Hall–Kier alpha value is -2.69. The van der Waals surface area contributed by atoms with E-state index in [0.29, 0.717) is 30.0 Å². The molecule has 11 heteroatoms. The van der Waals surface area contributed by atoms with Crippen molar-refractivity contribution in [3.8, 4) is 0 Å². The highest BCUT2D eigenvalue weighted by atomic mass is 35.5. The second-order valence-corrected chi connectivity index (χ2v) is 8.71. The number of halogens is 1. The lowest BCUT2D eigenvalue weighted by atomic mass is 10.2. The number of carbonyl (C=O) groups is 1. The van der Waals surface area contributed by atoms with E-state index in [4.69, 9.17) is 11.6 Å². The lowest BCUT2D eigenvalue weighted by molar-refractivity contribution is -0.385. The van der Waals surface area contributed by atoms with Crippen LogP contribution in [0.5, 0.6) is 0 Å². The molecule has 0 aliphatic rings. The minimum absolute atomic E-state index is 0.0487. The maximum absolute atomic E-state index is 12.7. The van der Waals surface area contributed by atoms with Crippen molar-refractivity contribution in [1.82, 2.24) is 4.31 Å². The fourth-order valence-electron chi connectivity index (χ4n) is 2.78. The van der Waals surface area contributed by atoms with Crippen molar-refractivity contribution in [1.29, 1.82) is 0 Å². The normalized spacial score (nSPS) is 11.4. The molecule has 2 aromatic carbocycles. The van der Waals surface area contributed by atoms with E-state index in [1.807, 2.05) is 0 Å². The predicted octanol–water partition coefficient (Wildman–Crippen LogP) is 3.64. The number of aryl methyl sites for hydroxylation is 1.